The number of benzene rings is 4. The summed E-state index contributed by atoms with van der Waals surface area (Å²) in [5.74, 6) is 0.934. The molecule has 0 aliphatic rings. The molecule has 0 radical (unpaired) electrons. The van der Waals surface area contributed by atoms with Crippen LogP contribution in [0.1, 0.15) is 126 Å². The summed E-state index contributed by atoms with van der Waals surface area (Å²) in [7, 11) is 2.96. The van der Waals surface area contributed by atoms with Crippen molar-refractivity contribution in [2.45, 2.75) is 107 Å². The molecule has 2 unspecified atom stereocenters. The maximum Gasteiger partial charge on any atom is 0.231 e. The SMILES string of the molecule is COc1cc(/C=C/C(C)c2cc(CC=C(C)C)c(O)c(CC=C(C)C)c2)cc(OCOc2cc(C(C)/C=C/c3cc(CC=C(C)C)c(O)c(CC=C(C)C)c3)cc(OC)c2O)c1O. The Balaban J connectivity index is 1.56. The monoisotopic (exact) mass is 856 g/mol. The van der Waals surface area contributed by atoms with Crippen LogP contribution < -0.4 is 18.9 Å². The van der Waals surface area contributed by atoms with Crippen molar-refractivity contribution in [1.82, 2.24) is 0 Å². The number of hydrogen-bond acceptors (Lipinski definition) is 8. The Morgan fingerprint density at radius 2 is 0.762 bits per heavy atom. The highest BCUT2D eigenvalue weighted by Gasteiger charge is 2.18. The molecule has 0 saturated carbocycles. The highest BCUT2D eigenvalue weighted by atomic mass is 16.7. The Labute approximate surface area is 375 Å². The molecule has 63 heavy (non-hydrogen) atoms. The molecule has 8 heteroatoms. The van der Waals surface area contributed by atoms with Gasteiger partial charge in [-0.2, -0.15) is 0 Å². The molecule has 0 heterocycles. The van der Waals surface area contributed by atoms with Crippen LogP contribution in [0.4, 0.5) is 0 Å². The molecular weight excluding hydrogens is 789 g/mol. The second-order valence-corrected chi connectivity index (χ2v) is 17.2. The van der Waals surface area contributed by atoms with Gasteiger partial charge < -0.3 is 39.4 Å². The number of aromatic hydroxyl groups is 4. The molecule has 0 aromatic heterocycles. The third kappa shape index (κ3) is 14.4. The minimum atomic E-state index is -0.336. The van der Waals surface area contributed by atoms with Gasteiger partial charge in [-0.15, -0.1) is 0 Å². The number of phenols is 4. The smallest absolute Gasteiger partial charge is 0.231 e. The first-order chi connectivity index (χ1) is 29.9. The average Bonchev–Trinajstić information content (AvgIpc) is 3.24. The van der Waals surface area contributed by atoms with Crippen LogP contribution >= 0.6 is 0 Å². The van der Waals surface area contributed by atoms with Crippen molar-refractivity contribution in [3.8, 4) is 46.0 Å². The predicted octanol–water partition coefficient (Wildman–Crippen LogP) is 13.6. The Kier molecular flexibility index (Phi) is 18.2. The zero-order chi connectivity index (χ0) is 46.4. The number of allylic oxidation sites excluding steroid dienone is 10. The first-order valence-electron chi connectivity index (χ1n) is 21.6. The zero-order valence-electron chi connectivity index (χ0n) is 39.3. The number of rotatable bonds is 20. The van der Waals surface area contributed by atoms with Crippen molar-refractivity contribution in [3.05, 3.63) is 152 Å². The summed E-state index contributed by atoms with van der Waals surface area (Å²) in [5, 5.41) is 44.3. The van der Waals surface area contributed by atoms with Gasteiger partial charge in [-0.3, -0.25) is 0 Å². The van der Waals surface area contributed by atoms with Crippen LogP contribution in [0.5, 0.6) is 46.0 Å². The highest BCUT2D eigenvalue weighted by Crippen LogP contribution is 2.42. The number of phenolic OH excluding ortho intramolecular Hbond substituents is 4. The number of hydrogen-bond donors (Lipinski definition) is 4. The van der Waals surface area contributed by atoms with Gasteiger partial charge >= 0.3 is 0 Å². The van der Waals surface area contributed by atoms with Crippen molar-refractivity contribution < 1.29 is 39.4 Å². The van der Waals surface area contributed by atoms with Gasteiger partial charge in [0.2, 0.25) is 18.3 Å². The lowest BCUT2D eigenvalue weighted by atomic mass is 9.92. The molecule has 0 aliphatic carbocycles. The minimum absolute atomic E-state index is 0.00685. The van der Waals surface area contributed by atoms with Crippen LogP contribution in [-0.2, 0) is 25.7 Å². The van der Waals surface area contributed by atoms with E-state index < -0.39 is 0 Å². The van der Waals surface area contributed by atoms with E-state index >= 15 is 0 Å². The van der Waals surface area contributed by atoms with Crippen molar-refractivity contribution in [1.29, 1.82) is 0 Å². The Hall–Kier alpha value is -6.28. The van der Waals surface area contributed by atoms with Gasteiger partial charge in [-0.05, 0) is 174 Å². The first-order valence-corrected chi connectivity index (χ1v) is 21.6. The van der Waals surface area contributed by atoms with E-state index in [2.05, 4.69) is 83.2 Å². The van der Waals surface area contributed by atoms with Crippen LogP contribution in [0.3, 0.4) is 0 Å². The summed E-state index contributed by atoms with van der Waals surface area (Å²) in [4.78, 5) is 0. The molecular formula is C55H68O8. The van der Waals surface area contributed by atoms with Gasteiger partial charge in [-0.25, -0.2) is 0 Å². The van der Waals surface area contributed by atoms with Crippen molar-refractivity contribution in [2.75, 3.05) is 21.0 Å². The summed E-state index contributed by atoms with van der Waals surface area (Å²) in [6, 6.07) is 15.1. The van der Waals surface area contributed by atoms with E-state index in [9.17, 15) is 20.4 Å². The Morgan fingerprint density at radius 1 is 0.444 bits per heavy atom. The van der Waals surface area contributed by atoms with E-state index in [1.165, 1.54) is 36.5 Å². The van der Waals surface area contributed by atoms with E-state index in [1.54, 1.807) is 24.3 Å². The van der Waals surface area contributed by atoms with Gasteiger partial charge in [0, 0.05) is 0 Å². The molecule has 0 bridgehead atoms. The standard InChI is InChI=1S/C55H68O8/c1-34(2)13-21-42-25-40(26-43(52(42)56)22-14-35(3)4)19-17-39(10)47-31-49(61-12)55(59)51(32-47)63-33-62-50-28-41(27-48(60-11)54(50)58)20-18-38(9)46-29-44(23-15-36(5)6)53(57)45(30-46)24-16-37(7)8/h13-20,25-32,38-39,56-59H,21-24,33H2,1-12H3/b19-17+,20-18+. The molecule has 8 nitrogen and oxygen atoms in total. The molecule has 4 N–H and O–H groups in total. The molecule has 0 saturated heterocycles. The minimum Gasteiger partial charge on any atom is -0.507 e. The number of ether oxygens (including phenoxy) is 4. The summed E-state index contributed by atoms with van der Waals surface area (Å²) in [6.07, 6.45) is 19.1. The van der Waals surface area contributed by atoms with Crippen molar-refractivity contribution in [3.63, 3.8) is 0 Å². The van der Waals surface area contributed by atoms with Crippen LogP contribution in [0.25, 0.3) is 12.2 Å². The summed E-state index contributed by atoms with van der Waals surface area (Å²) in [5.41, 5.74) is 11.9. The average molecular weight is 857 g/mol. The lowest BCUT2D eigenvalue weighted by molar-refractivity contribution is 0.112. The van der Waals surface area contributed by atoms with E-state index in [-0.39, 0.29) is 53.1 Å². The largest absolute Gasteiger partial charge is 0.507 e. The van der Waals surface area contributed by atoms with Crippen LogP contribution in [0.15, 0.2) is 107 Å². The van der Waals surface area contributed by atoms with Gasteiger partial charge in [0.15, 0.2) is 23.0 Å². The van der Waals surface area contributed by atoms with Crippen molar-refractivity contribution in [2.24, 2.45) is 0 Å². The third-order valence-corrected chi connectivity index (χ3v) is 10.7. The van der Waals surface area contributed by atoms with E-state index in [1.807, 2.05) is 58.9 Å². The fourth-order valence-corrected chi connectivity index (χ4v) is 6.80. The quantitative estimate of drug-likeness (QED) is 0.0513. The number of methoxy groups -OCH3 is 2. The Bertz CT molecular complexity index is 2310. The zero-order valence-corrected chi connectivity index (χ0v) is 39.3. The molecule has 0 amide bonds. The van der Waals surface area contributed by atoms with E-state index in [0.717, 1.165) is 44.5 Å². The molecule has 0 fully saturated rings. The fraction of sp³-hybridized carbons (Fsp3) is 0.345. The summed E-state index contributed by atoms with van der Waals surface area (Å²) in [6.45, 7) is 20.2. The second kappa shape index (κ2) is 23.2. The van der Waals surface area contributed by atoms with Gasteiger partial charge in [-0.1, -0.05) is 96.9 Å². The predicted molar refractivity (Wildman–Crippen MR) is 259 cm³/mol. The topological polar surface area (TPSA) is 118 Å². The van der Waals surface area contributed by atoms with Gasteiger partial charge in [0.1, 0.15) is 11.5 Å². The molecule has 4 aromatic carbocycles. The molecule has 0 spiro atoms. The summed E-state index contributed by atoms with van der Waals surface area (Å²) >= 11 is 0. The summed E-state index contributed by atoms with van der Waals surface area (Å²) < 4.78 is 23.0. The molecule has 4 aromatic rings. The molecule has 0 aliphatic heterocycles. The lowest BCUT2D eigenvalue weighted by Crippen LogP contribution is -2.07. The van der Waals surface area contributed by atoms with Crippen LogP contribution in [-0.4, -0.2) is 41.4 Å². The van der Waals surface area contributed by atoms with E-state index in [0.29, 0.717) is 37.2 Å². The third-order valence-electron chi connectivity index (χ3n) is 10.7. The molecule has 336 valence electrons. The Morgan fingerprint density at radius 3 is 1.16 bits per heavy atom. The fourth-order valence-electron chi connectivity index (χ4n) is 6.80. The van der Waals surface area contributed by atoms with Crippen LogP contribution in [0.2, 0.25) is 0 Å². The normalized spacial score (nSPS) is 12.1. The van der Waals surface area contributed by atoms with Gasteiger partial charge in [0.05, 0.1) is 14.2 Å². The van der Waals surface area contributed by atoms with E-state index in [4.69, 9.17) is 18.9 Å². The van der Waals surface area contributed by atoms with Crippen molar-refractivity contribution >= 4 is 12.2 Å². The maximum atomic E-state index is 11.1. The highest BCUT2D eigenvalue weighted by molar-refractivity contribution is 5.63. The molecule has 2 atom stereocenters. The van der Waals surface area contributed by atoms with Gasteiger partial charge in [0.25, 0.3) is 0 Å². The second-order valence-electron chi connectivity index (χ2n) is 17.2. The lowest BCUT2D eigenvalue weighted by Gasteiger charge is -2.17. The maximum absolute atomic E-state index is 11.1. The van der Waals surface area contributed by atoms with Crippen LogP contribution in [0, 0.1) is 0 Å². The molecule has 4 rings (SSSR count). The first kappa shape index (κ1) is 49.4.